The molecule has 0 saturated heterocycles. The number of hydrogen-bond acceptors (Lipinski definition) is 3. The van der Waals surface area contributed by atoms with Crippen LogP contribution in [0.3, 0.4) is 0 Å². The van der Waals surface area contributed by atoms with Crippen LogP contribution in [0.5, 0.6) is 0 Å². The number of aliphatic hydroxyl groups is 1. The maximum atomic E-state index is 10.2. The first-order valence-corrected chi connectivity index (χ1v) is 7.04. The third kappa shape index (κ3) is 3.42. The normalized spacial score (nSPS) is 12.7. The minimum absolute atomic E-state index is 0.435. The van der Waals surface area contributed by atoms with Crippen LogP contribution in [-0.4, -0.2) is 26.0 Å². The number of aliphatic hydroxyl groups excluding tert-OH is 1. The Morgan fingerprint density at radius 2 is 2.05 bits per heavy atom. The van der Waals surface area contributed by atoms with Crippen molar-refractivity contribution in [2.45, 2.75) is 32.8 Å². The summed E-state index contributed by atoms with van der Waals surface area (Å²) in [7, 11) is 1.93. The van der Waals surface area contributed by atoms with Gasteiger partial charge in [0.1, 0.15) is 0 Å². The lowest BCUT2D eigenvalue weighted by molar-refractivity contribution is 0.174. The van der Waals surface area contributed by atoms with E-state index in [-0.39, 0.29) is 0 Å². The van der Waals surface area contributed by atoms with Crippen LogP contribution in [0.1, 0.15) is 22.6 Å². The fourth-order valence-electron chi connectivity index (χ4n) is 2.19. The van der Waals surface area contributed by atoms with Gasteiger partial charge in [0.15, 0.2) is 0 Å². The van der Waals surface area contributed by atoms with Crippen LogP contribution in [0.25, 0.3) is 0 Å². The van der Waals surface area contributed by atoms with E-state index in [2.05, 4.69) is 26.0 Å². The zero-order valence-electron chi connectivity index (χ0n) is 11.4. The van der Waals surface area contributed by atoms with Gasteiger partial charge in [0.25, 0.3) is 0 Å². The van der Waals surface area contributed by atoms with Gasteiger partial charge in [-0.3, -0.25) is 9.67 Å². The zero-order chi connectivity index (χ0) is 14.0. The summed E-state index contributed by atoms with van der Waals surface area (Å²) in [6, 6.07) is 3.87. The quantitative estimate of drug-likeness (QED) is 0.939. The number of rotatable bonds is 4. The first-order chi connectivity index (χ1) is 8.97. The van der Waals surface area contributed by atoms with E-state index in [9.17, 15) is 5.11 Å². The second kappa shape index (κ2) is 5.84. The summed E-state index contributed by atoms with van der Waals surface area (Å²) in [5.74, 6) is 0. The maximum Gasteiger partial charge on any atom is 0.0637 e. The van der Waals surface area contributed by atoms with E-state index in [1.54, 1.807) is 6.20 Å². The Balaban J connectivity index is 2.05. The van der Waals surface area contributed by atoms with Gasteiger partial charge in [0.05, 0.1) is 11.8 Å². The molecule has 1 unspecified atom stereocenters. The van der Waals surface area contributed by atoms with Gasteiger partial charge in [-0.05, 0) is 47.5 Å². The van der Waals surface area contributed by atoms with Crippen molar-refractivity contribution in [1.82, 2.24) is 14.8 Å². The van der Waals surface area contributed by atoms with Crippen LogP contribution in [0.4, 0.5) is 0 Å². The van der Waals surface area contributed by atoms with Gasteiger partial charge >= 0.3 is 0 Å². The molecule has 0 spiro atoms. The molecular formula is C14H18BrN3O. The number of pyridine rings is 1. The number of halogens is 1. The molecule has 0 aliphatic carbocycles. The molecule has 1 N–H and O–H groups in total. The molecule has 0 aliphatic heterocycles. The molecule has 4 nitrogen and oxygen atoms in total. The van der Waals surface area contributed by atoms with Gasteiger partial charge in [0, 0.05) is 41.9 Å². The van der Waals surface area contributed by atoms with E-state index in [0.717, 1.165) is 27.1 Å². The van der Waals surface area contributed by atoms with Crippen molar-refractivity contribution < 1.29 is 5.11 Å². The molecule has 5 heteroatoms. The van der Waals surface area contributed by atoms with Gasteiger partial charge in [0.2, 0.25) is 0 Å². The highest BCUT2D eigenvalue weighted by Crippen LogP contribution is 2.16. The highest BCUT2D eigenvalue weighted by molar-refractivity contribution is 9.10. The minimum atomic E-state index is -0.435. The Labute approximate surface area is 121 Å². The molecule has 19 heavy (non-hydrogen) atoms. The van der Waals surface area contributed by atoms with Gasteiger partial charge in [-0.15, -0.1) is 0 Å². The van der Waals surface area contributed by atoms with Gasteiger partial charge in [-0.25, -0.2) is 0 Å². The Hall–Kier alpha value is -1.20. The standard InChI is InChI=1S/C14H18BrN3O/c1-9-14(10(2)18(3)17-9)7-13(19)6-12-5-4-11(15)8-16-12/h4-5,8,13,19H,6-7H2,1-3H3. The second-order valence-electron chi connectivity index (χ2n) is 4.80. The van der Waals surface area contributed by atoms with Crippen molar-refractivity contribution >= 4 is 15.9 Å². The van der Waals surface area contributed by atoms with E-state index < -0.39 is 6.10 Å². The molecule has 2 aromatic rings. The van der Waals surface area contributed by atoms with Gasteiger partial charge in [-0.1, -0.05) is 0 Å². The van der Waals surface area contributed by atoms with Crippen molar-refractivity contribution in [2.24, 2.45) is 7.05 Å². The van der Waals surface area contributed by atoms with Crippen LogP contribution in [0.2, 0.25) is 0 Å². The highest BCUT2D eigenvalue weighted by atomic mass is 79.9. The minimum Gasteiger partial charge on any atom is -0.392 e. The zero-order valence-corrected chi connectivity index (χ0v) is 13.0. The maximum absolute atomic E-state index is 10.2. The first-order valence-electron chi connectivity index (χ1n) is 6.25. The molecule has 102 valence electrons. The lowest BCUT2D eigenvalue weighted by Gasteiger charge is -2.10. The van der Waals surface area contributed by atoms with Crippen LogP contribution in [0, 0.1) is 13.8 Å². The van der Waals surface area contributed by atoms with E-state index in [1.165, 1.54) is 0 Å². The summed E-state index contributed by atoms with van der Waals surface area (Å²) in [6.45, 7) is 4.01. The van der Waals surface area contributed by atoms with Crippen molar-refractivity contribution in [1.29, 1.82) is 0 Å². The summed E-state index contributed by atoms with van der Waals surface area (Å²) in [5, 5.41) is 14.6. The number of aryl methyl sites for hydroxylation is 2. The Morgan fingerprint density at radius 3 is 2.58 bits per heavy atom. The highest BCUT2D eigenvalue weighted by Gasteiger charge is 2.15. The monoisotopic (exact) mass is 323 g/mol. The van der Waals surface area contributed by atoms with Crippen LogP contribution >= 0.6 is 15.9 Å². The molecule has 0 fully saturated rings. The summed E-state index contributed by atoms with van der Waals surface area (Å²) < 4.78 is 2.81. The summed E-state index contributed by atoms with van der Waals surface area (Å²) >= 11 is 3.35. The molecule has 1 atom stereocenters. The predicted molar refractivity (Wildman–Crippen MR) is 78.0 cm³/mol. The van der Waals surface area contributed by atoms with E-state index in [1.807, 2.05) is 37.7 Å². The van der Waals surface area contributed by atoms with Crippen molar-refractivity contribution in [3.63, 3.8) is 0 Å². The third-order valence-electron chi connectivity index (χ3n) is 3.33. The molecule has 0 aliphatic rings. The number of hydrogen-bond donors (Lipinski definition) is 1. The fraction of sp³-hybridized carbons (Fsp3) is 0.429. The van der Waals surface area contributed by atoms with Crippen LogP contribution in [0.15, 0.2) is 22.8 Å². The lowest BCUT2D eigenvalue weighted by atomic mass is 10.0. The average Bonchev–Trinajstić information content (AvgIpc) is 2.59. The molecule has 2 rings (SSSR count). The van der Waals surface area contributed by atoms with Gasteiger partial charge in [-0.2, -0.15) is 5.10 Å². The molecule has 0 radical (unpaired) electrons. The lowest BCUT2D eigenvalue weighted by Crippen LogP contribution is -2.15. The first kappa shape index (κ1) is 14.2. The summed E-state index contributed by atoms with van der Waals surface area (Å²) in [4.78, 5) is 4.28. The predicted octanol–water partition coefficient (Wildman–Crippen LogP) is 2.34. The molecule has 0 saturated carbocycles. The van der Waals surface area contributed by atoms with Crippen molar-refractivity contribution in [3.05, 3.63) is 45.4 Å². The smallest absolute Gasteiger partial charge is 0.0637 e. The molecule has 0 amide bonds. The summed E-state index contributed by atoms with van der Waals surface area (Å²) in [5.41, 5.74) is 4.13. The fourth-order valence-corrected chi connectivity index (χ4v) is 2.42. The topological polar surface area (TPSA) is 50.9 Å². The number of nitrogens with zero attached hydrogens (tertiary/aromatic N) is 3. The largest absolute Gasteiger partial charge is 0.392 e. The molecular weight excluding hydrogens is 306 g/mol. The molecule has 2 aromatic heterocycles. The molecule has 2 heterocycles. The Morgan fingerprint density at radius 1 is 1.32 bits per heavy atom. The third-order valence-corrected chi connectivity index (χ3v) is 3.80. The SMILES string of the molecule is Cc1nn(C)c(C)c1CC(O)Cc1ccc(Br)cn1. The Kier molecular flexibility index (Phi) is 4.37. The average molecular weight is 324 g/mol. The summed E-state index contributed by atoms with van der Waals surface area (Å²) in [6.07, 6.45) is 2.49. The van der Waals surface area contributed by atoms with Gasteiger partial charge < -0.3 is 5.11 Å². The second-order valence-corrected chi connectivity index (χ2v) is 5.72. The van der Waals surface area contributed by atoms with Crippen molar-refractivity contribution in [3.8, 4) is 0 Å². The van der Waals surface area contributed by atoms with Crippen LogP contribution < -0.4 is 0 Å². The molecule has 0 aromatic carbocycles. The van der Waals surface area contributed by atoms with E-state index >= 15 is 0 Å². The number of aromatic nitrogens is 3. The Bertz CT molecular complexity index is 563. The molecule has 0 bridgehead atoms. The van der Waals surface area contributed by atoms with E-state index in [4.69, 9.17) is 0 Å². The van der Waals surface area contributed by atoms with Crippen LogP contribution in [-0.2, 0) is 19.9 Å². The van der Waals surface area contributed by atoms with E-state index in [0.29, 0.717) is 12.8 Å². The van der Waals surface area contributed by atoms with Crippen molar-refractivity contribution in [2.75, 3.05) is 0 Å².